The quantitative estimate of drug-likeness (QED) is 0.377. The normalized spacial score (nSPS) is 11.5. The highest BCUT2D eigenvalue weighted by Crippen LogP contribution is 2.16. The Bertz CT molecular complexity index is 1050. The molecule has 0 aliphatic carbocycles. The van der Waals surface area contributed by atoms with Gasteiger partial charge in [0.25, 0.3) is 5.91 Å². The van der Waals surface area contributed by atoms with Crippen LogP contribution in [-0.2, 0) is 27.3 Å². The van der Waals surface area contributed by atoms with Gasteiger partial charge >= 0.3 is 0 Å². The number of halogens is 1. The second-order valence-corrected chi connectivity index (χ2v) is 8.09. The number of rotatable bonds is 13. The highest BCUT2D eigenvalue weighted by Gasteiger charge is 2.30. The van der Waals surface area contributed by atoms with Gasteiger partial charge in [-0.25, -0.2) is 4.39 Å². The molecule has 3 rings (SSSR count). The largest absolute Gasteiger partial charge is 0.484 e. The molecule has 35 heavy (non-hydrogen) atoms. The van der Waals surface area contributed by atoms with E-state index in [2.05, 4.69) is 5.32 Å². The zero-order valence-electron chi connectivity index (χ0n) is 19.9. The molecule has 0 heterocycles. The number of nitrogens with zero attached hydrogens (tertiary/aromatic N) is 1. The number of carbonyl (C=O) groups excluding carboxylic acids is 2. The van der Waals surface area contributed by atoms with Gasteiger partial charge < -0.3 is 19.7 Å². The number of methoxy groups -OCH3 is 1. The Kier molecular flexibility index (Phi) is 10.3. The van der Waals surface area contributed by atoms with E-state index in [1.165, 1.54) is 17.0 Å². The summed E-state index contributed by atoms with van der Waals surface area (Å²) in [4.78, 5) is 28.3. The van der Waals surface area contributed by atoms with E-state index in [-0.39, 0.29) is 30.8 Å². The Morgan fingerprint density at radius 2 is 1.57 bits per heavy atom. The third-order valence-corrected chi connectivity index (χ3v) is 5.47. The predicted molar refractivity (Wildman–Crippen MR) is 132 cm³/mol. The molecule has 0 aliphatic heterocycles. The molecule has 2 amide bonds. The van der Waals surface area contributed by atoms with Crippen LogP contribution in [-0.4, -0.2) is 49.6 Å². The van der Waals surface area contributed by atoms with Crippen molar-refractivity contribution in [3.63, 3.8) is 0 Å². The van der Waals surface area contributed by atoms with Gasteiger partial charge in [0.05, 0.1) is 0 Å². The van der Waals surface area contributed by atoms with Gasteiger partial charge in [-0.1, -0.05) is 60.7 Å². The van der Waals surface area contributed by atoms with Gasteiger partial charge in [-0.15, -0.1) is 0 Å². The Morgan fingerprint density at radius 3 is 2.23 bits per heavy atom. The standard InChI is InChI=1S/C28H31FN2O4/c1-34-18-8-17-30-28(33)26(19-22-9-4-2-5-10-22)31(20-23-13-15-24(29)16-14-23)27(32)21-35-25-11-6-3-7-12-25/h2-7,9-16,26H,8,17-21H2,1H3,(H,30,33). The van der Waals surface area contributed by atoms with Crippen molar-refractivity contribution >= 4 is 11.8 Å². The fourth-order valence-corrected chi connectivity index (χ4v) is 3.63. The lowest BCUT2D eigenvalue weighted by Gasteiger charge is -2.31. The minimum Gasteiger partial charge on any atom is -0.484 e. The van der Waals surface area contributed by atoms with Crippen molar-refractivity contribution < 1.29 is 23.5 Å². The summed E-state index contributed by atoms with van der Waals surface area (Å²) >= 11 is 0. The second-order valence-electron chi connectivity index (χ2n) is 8.09. The zero-order chi connectivity index (χ0) is 24.9. The maximum Gasteiger partial charge on any atom is 0.261 e. The van der Waals surface area contributed by atoms with Gasteiger partial charge in [0.2, 0.25) is 5.91 Å². The van der Waals surface area contributed by atoms with Crippen molar-refractivity contribution in [2.24, 2.45) is 0 Å². The number of ether oxygens (including phenoxy) is 2. The summed E-state index contributed by atoms with van der Waals surface area (Å²) in [6, 6.07) is 23.7. The molecule has 0 radical (unpaired) electrons. The molecular weight excluding hydrogens is 447 g/mol. The fraction of sp³-hybridized carbons (Fsp3) is 0.286. The lowest BCUT2D eigenvalue weighted by Crippen LogP contribution is -2.51. The summed E-state index contributed by atoms with van der Waals surface area (Å²) in [6.07, 6.45) is 0.985. The lowest BCUT2D eigenvalue weighted by molar-refractivity contribution is -0.142. The number of amides is 2. The molecule has 0 aliphatic rings. The third kappa shape index (κ3) is 8.54. The Morgan fingerprint density at radius 1 is 0.914 bits per heavy atom. The van der Waals surface area contributed by atoms with Crippen LogP contribution in [0.3, 0.4) is 0 Å². The molecule has 3 aromatic carbocycles. The first-order valence-corrected chi connectivity index (χ1v) is 11.6. The molecule has 7 heteroatoms. The molecule has 0 saturated heterocycles. The van der Waals surface area contributed by atoms with Gasteiger partial charge in [0.1, 0.15) is 17.6 Å². The third-order valence-electron chi connectivity index (χ3n) is 5.47. The van der Waals surface area contributed by atoms with Crippen LogP contribution in [0.2, 0.25) is 0 Å². The van der Waals surface area contributed by atoms with Gasteiger partial charge in [-0.2, -0.15) is 0 Å². The first-order chi connectivity index (χ1) is 17.1. The molecule has 0 saturated carbocycles. The van der Waals surface area contributed by atoms with E-state index in [4.69, 9.17) is 9.47 Å². The summed E-state index contributed by atoms with van der Waals surface area (Å²) in [5.74, 6) is -0.409. The van der Waals surface area contributed by atoms with Crippen LogP contribution in [0.5, 0.6) is 5.75 Å². The zero-order valence-corrected chi connectivity index (χ0v) is 19.9. The highest BCUT2D eigenvalue weighted by atomic mass is 19.1. The Labute approximate surface area is 205 Å². The number of para-hydroxylation sites is 1. The van der Waals surface area contributed by atoms with E-state index in [1.54, 1.807) is 31.4 Å². The van der Waals surface area contributed by atoms with E-state index in [1.807, 2.05) is 48.5 Å². The lowest BCUT2D eigenvalue weighted by atomic mass is 10.0. The van der Waals surface area contributed by atoms with Crippen molar-refractivity contribution in [3.8, 4) is 5.75 Å². The number of carbonyl (C=O) groups is 2. The molecule has 1 N–H and O–H groups in total. The monoisotopic (exact) mass is 478 g/mol. The average Bonchev–Trinajstić information content (AvgIpc) is 2.89. The van der Waals surface area contributed by atoms with Crippen LogP contribution in [0.25, 0.3) is 0 Å². The van der Waals surface area contributed by atoms with Crippen molar-refractivity contribution in [2.75, 3.05) is 26.9 Å². The number of hydrogen-bond acceptors (Lipinski definition) is 4. The Hall–Kier alpha value is -3.71. The number of benzene rings is 3. The topological polar surface area (TPSA) is 67.9 Å². The Balaban J connectivity index is 1.85. The van der Waals surface area contributed by atoms with Gasteiger partial charge in [0, 0.05) is 33.2 Å². The van der Waals surface area contributed by atoms with Crippen molar-refractivity contribution in [1.82, 2.24) is 10.2 Å². The minimum atomic E-state index is -0.781. The first-order valence-electron chi connectivity index (χ1n) is 11.6. The fourth-order valence-electron chi connectivity index (χ4n) is 3.63. The molecule has 0 fully saturated rings. The highest BCUT2D eigenvalue weighted by molar-refractivity contribution is 5.88. The van der Waals surface area contributed by atoms with Gasteiger partial charge in [-0.3, -0.25) is 9.59 Å². The van der Waals surface area contributed by atoms with E-state index in [9.17, 15) is 14.0 Å². The maximum absolute atomic E-state index is 13.5. The summed E-state index contributed by atoms with van der Waals surface area (Å²) in [5.41, 5.74) is 1.63. The number of nitrogens with one attached hydrogen (secondary N) is 1. The van der Waals surface area contributed by atoms with Crippen LogP contribution >= 0.6 is 0 Å². The maximum atomic E-state index is 13.5. The second kappa shape index (κ2) is 13.9. The smallest absolute Gasteiger partial charge is 0.261 e. The van der Waals surface area contributed by atoms with E-state index in [0.29, 0.717) is 37.3 Å². The van der Waals surface area contributed by atoms with Crippen LogP contribution in [0, 0.1) is 5.82 Å². The van der Waals surface area contributed by atoms with Crippen LogP contribution in [0.15, 0.2) is 84.9 Å². The van der Waals surface area contributed by atoms with Crippen LogP contribution in [0.1, 0.15) is 17.5 Å². The van der Waals surface area contributed by atoms with Crippen molar-refractivity contribution in [1.29, 1.82) is 0 Å². The van der Waals surface area contributed by atoms with E-state index >= 15 is 0 Å². The van der Waals surface area contributed by atoms with Crippen molar-refractivity contribution in [2.45, 2.75) is 25.4 Å². The van der Waals surface area contributed by atoms with E-state index in [0.717, 1.165) is 5.56 Å². The molecule has 0 aromatic heterocycles. The number of hydrogen-bond donors (Lipinski definition) is 1. The summed E-state index contributed by atoms with van der Waals surface area (Å²) in [6.45, 7) is 0.859. The molecular formula is C28H31FN2O4. The summed E-state index contributed by atoms with van der Waals surface area (Å²) in [7, 11) is 1.61. The summed E-state index contributed by atoms with van der Waals surface area (Å²) in [5, 5.41) is 2.93. The van der Waals surface area contributed by atoms with Gasteiger partial charge in [0.15, 0.2) is 6.61 Å². The summed E-state index contributed by atoms with van der Waals surface area (Å²) < 4.78 is 24.3. The molecule has 3 aromatic rings. The molecule has 0 spiro atoms. The van der Waals surface area contributed by atoms with Gasteiger partial charge in [-0.05, 0) is 41.8 Å². The van der Waals surface area contributed by atoms with Crippen LogP contribution < -0.4 is 10.1 Å². The van der Waals surface area contributed by atoms with Crippen molar-refractivity contribution in [3.05, 3.63) is 102 Å². The molecule has 1 atom stereocenters. The SMILES string of the molecule is COCCCNC(=O)C(Cc1ccccc1)N(Cc1ccc(F)cc1)C(=O)COc1ccccc1. The van der Waals surface area contributed by atoms with Crippen LogP contribution in [0.4, 0.5) is 4.39 Å². The van der Waals surface area contributed by atoms with E-state index < -0.39 is 6.04 Å². The average molecular weight is 479 g/mol. The first kappa shape index (κ1) is 25.9. The minimum absolute atomic E-state index is 0.139. The predicted octanol–water partition coefficient (Wildman–Crippen LogP) is 4.00. The molecule has 1 unspecified atom stereocenters. The molecule has 184 valence electrons. The molecule has 0 bridgehead atoms. The molecule has 6 nitrogen and oxygen atoms in total.